The van der Waals surface area contributed by atoms with E-state index in [1.807, 2.05) is 6.07 Å². The predicted molar refractivity (Wildman–Crippen MR) is 71.9 cm³/mol. The fourth-order valence-corrected chi connectivity index (χ4v) is 2.38. The minimum Gasteiger partial charge on any atom is -0.395 e. The van der Waals surface area contributed by atoms with Crippen molar-refractivity contribution in [1.82, 2.24) is 4.90 Å². The molecular formula is C13H16ClN3O. The lowest BCUT2D eigenvalue weighted by Gasteiger charge is -2.36. The molecule has 0 atom stereocenters. The van der Waals surface area contributed by atoms with Crippen LogP contribution in [0.4, 0.5) is 5.69 Å². The number of anilines is 1. The number of halogens is 1. The number of piperazine rings is 1. The fourth-order valence-electron chi connectivity index (χ4n) is 2.21. The minimum atomic E-state index is 0.195. The van der Waals surface area contributed by atoms with Crippen molar-refractivity contribution in [2.24, 2.45) is 0 Å². The van der Waals surface area contributed by atoms with Gasteiger partial charge in [-0.25, -0.2) is 0 Å². The second kappa shape index (κ2) is 6.05. The molecule has 1 heterocycles. The number of β-amino-alcohol motifs (C(OH)–C–C–N with tert-alkyl or cyclic N) is 1. The number of nitrogens with zero attached hydrogens (tertiary/aromatic N) is 3. The van der Waals surface area contributed by atoms with E-state index in [-0.39, 0.29) is 6.61 Å². The van der Waals surface area contributed by atoms with E-state index < -0.39 is 0 Å². The van der Waals surface area contributed by atoms with Crippen LogP contribution in [-0.4, -0.2) is 49.3 Å². The average molecular weight is 266 g/mol. The summed E-state index contributed by atoms with van der Waals surface area (Å²) in [6, 6.07) is 7.55. The third-order valence-electron chi connectivity index (χ3n) is 3.21. The van der Waals surface area contributed by atoms with Gasteiger partial charge in [0.25, 0.3) is 0 Å². The lowest BCUT2D eigenvalue weighted by Crippen LogP contribution is -2.47. The molecule has 0 amide bonds. The Kier molecular flexibility index (Phi) is 4.43. The largest absolute Gasteiger partial charge is 0.395 e. The first-order valence-corrected chi connectivity index (χ1v) is 6.40. The Morgan fingerprint density at radius 1 is 1.28 bits per heavy atom. The minimum absolute atomic E-state index is 0.195. The van der Waals surface area contributed by atoms with E-state index in [4.69, 9.17) is 22.0 Å². The summed E-state index contributed by atoms with van der Waals surface area (Å²) in [4.78, 5) is 4.39. The van der Waals surface area contributed by atoms with Crippen LogP contribution in [-0.2, 0) is 0 Å². The number of aliphatic hydroxyl groups excluding tert-OH is 1. The summed E-state index contributed by atoms with van der Waals surface area (Å²) >= 11 is 5.99. The zero-order valence-electron chi connectivity index (χ0n) is 10.1. The zero-order valence-corrected chi connectivity index (χ0v) is 10.9. The molecule has 18 heavy (non-hydrogen) atoms. The Bertz CT molecular complexity index is 450. The van der Waals surface area contributed by atoms with Gasteiger partial charge in [-0.2, -0.15) is 5.26 Å². The van der Waals surface area contributed by atoms with Crippen molar-refractivity contribution in [3.05, 3.63) is 28.8 Å². The molecule has 0 unspecified atom stereocenters. The summed E-state index contributed by atoms with van der Waals surface area (Å²) in [6.07, 6.45) is 0. The molecule has 4 nitrogen and oxygen atoms in total. The van der Waals surface area contributed by atoms with E-state index in [0.29, 0.717) is 17.1 Å². The molecule has 0 saturated carbocycles. The number of rotatable bonds is 3. The molecule has 0 aliphatic carbocycles. The number of hydrogen-bond donors (Lipinski definition) is 1. The van der Waals surface area contributed by atoms with Gasteiger partial charge in [0.1, 0.15) is 6.07 Å². The molecule has 1 N–H and O–H groups in total. The fraction of sp³-hybridized carbons (Fsp3) is 0.462. The van der Waals surface area contributed by atoms with Crippen molar-refractivity contribution in [2.75, 3.05) is 44.2 Å². The summed E-state index contributed by atoms with van der Waals surface area (Å²) in [7, 11) is 0. The summed E-state index contributed by atoms with van der Waals surface area (Å²) < 4.78 is 0. The highest BCUT2D eigenvalue weighted by atomic mass is 35.5. The SMILES string of the molecule is N#Cc1ccc(Cl)cc1N1CCN(CCO)CC1. The summed E-state index contributed by atoms with van der Waals surface area (Å²) in [5, 5.41) is 18.7. The van der Waals surface area contributed by atoms with Crippen molar-refractivity contribution in [3.8, 4) is 6.07 Å². The van der Waals surface area contributed by atoms with E-state index in [0.717, 1.165) is 31.9 Å². The van der Waals surface area contributed by atoms with E-state index in [9.17, 15) is 0 Å². The van der Waals surface area contributed by atoms with Gasteiger partial charge in [-0.3, -0.25) is 4.90 Å². The van der Waals surface area contributed by atoms with Crippen LogP contribution in [0.2, 0.25) is 5.02 Å². The highest BCUT2D eigenvalue weighted by Gasteiger charge is 2.18. The Labute approximate surface area is 112 Å². The maximum Gasteiger partial charge on any atom is 0.101 e. The summed E-state index contributed by atoms with van der Waals surface area (Å²) in [5.74, 6) is 0. The molecule has 1 fully saturated rings. The van der Waals surface area contributed by atoms with Gasteiger partial charge in [-0.05, 0) is 18.2 Å². The normalized spacial score (nSPS) is 16.6. The Hall–Kier alpha value is -1.28. The van der Waals surface area contributed by atoms with Gasteiger partial charge in [0.15, 0.2) is 0 Å². The number of hydrogen-bond acceptors (Lipinski definition) is 4. The lowest BCUT2D eigenvalue weighted by molar-refractivity contribution is 0.189. The molecule has 1 aromatic rings. The van der Waals surface area contributed by atoms with E-state index in [1.165, 1.54) is 0 Å². The molecule has 1 aromatic carbocycles. The van der Waals surface area contributed by atoms with Crippen LogP contribution in [0.5, 0.6) is 0 Å². The maximum atomic E-state index is 9.11. The Morgan fingerprint density at radius 3 is 2.61 bits per heavy atom. The van der Waals surface area contributed by atoms with Gasteiger partial charge >= 0.3 is 0 Å². The first kappa shape index (κ1) is 13.2. The number of aliphatic hydroxyl groups is 1. The molecule has 0 spiro atoms. The second-order valence-corrected chi connectivity index (χ2v) is 4.76. The topological polar surface area (TPSA) is 50.5 Å². The quantitative estimate of drug-likeness (QED) is 0.896. The first-order chi connectivity index (χ1) is 8.74. The van der Waals surface area contributed by atoms with E-state index >= 15 is 0 Å². The van der Waals surface area contributed by atoms with Crippen molar-refractivity contribution < 1.29 is 5.11 Å². The van der Waals surface area contributed by atoms with Gasteiger partial charge in [0, 0.05) is 37.7 Å². The van der Waals surface area contributed by atoms with Crippen LogP contribution in [0.25, 0.3) is 0 Å². The second-order valence-electron chi connectivity index (χ2n) is 4.33. The van der Waals surface area contributed by atoms with Crippen LogP contribution < -0.4 is 4.90 Å². The molecule has 5 heteroatoms. The molecule has 1 aliphatic rings. The van der Waals surface area contributed by atoms with Crippen LogP contribution >= 0.6 is 11.6 Å². The highest BCUT2D eigenvalue weighted by molar-refractivity contribution is 6.30. The van der Waals surface area contributed by atoms with Crippen LogP contribution in [0, 0.1) is 11.3 Å². The van der Waals surface area contributed by atoms with Crippen molar-refractivity contribution in [2.45, 2.75) is 0 Å². The smallest absolute Gasteiger partial charge is 0.101 e. The molecule has 2 rings (SSSR count). The van der Waals surface area contributed by atoms with Gasteiger partial charge < -0.3 is 10.0 Å². The third-order valence-corrected chi connectivity index (χ3v) is 3.44. The van der Waals surface area contributed by atoms with Gasteiger partial charge in [0.05, 0.1) is 17.9 Å². The van der Waals surface area contributed by atoms with Crippen LogP contribution in [0.15, 0.2) is 18.2 Å². The van der Waals surface area contributed by atoms with Crippen LogP contribution in [0.1, 0.15) is 5.56 Å². The number of benzene rings is 1. The maximum absolute atomic E-state index is 9.11. The van der Waals surface area contributed by atoms with Crippen molar-refractivity contribution in [3.63, 3.8) is 0 Å². The monoisotopic (exact) mass is 265 g/mol. The first-order valence-electron chi connectivity index (χ1n) is 6.02. The van der Waals surface area contributed by atoms with Crippen molar-refractivity contribution >= 4 is 17.3 Å². The van der Waals surface area contributed by atoms with Gasteiger partial charge in [-0.15, -0.1) is 0 Å². The Morgan fingerprint density at radius 2 is 2.00 bits per heavy atom. The van der Waals surface area contributed by atoms with Gasteiger partial charge in [0.2, 0.25) is 0 Å². The van der Waals surface area contributed by atoms with Gasteiger partial charge in [-0.1, -0.05) is 11.6 Å². The number of nitriles is 1. The highest BCUT2D eigenvalue weighted by Crippen LogP contribution is 2.25. The average Bonchev–Trinajstić information content (AvgIpc) is 2.40. The molecule has 96 valence electrons. The summed E-state index contributed by atoms with van der Waals surface area (Å²) in [6.45, 7) is 4.43. The Balaban J connectivity index is 2.10. The molecule has 0 bridgehead atoms. The van der Waals surface area contributed by atoms with Crippen LogP contribution in [0.3, 0.4) is 0 Å². The molecule has 0 radical (unpaired) electrons. The summed E-state index contributed by atoms with van der Waals surface area (Å²) in [5.41, 5.74) is 1.57. The lowest BCUT2D eigenvalue weighted by atomic mass is 10.1. The van der Waals surface area contributed by atoms with Crippen molar-refractivity contribution in [1.29, 1.82) is 5.26 Å². The molecular weight excluding hydrogens is 250 g/mol. The zero-order chi connectivity index (χ0) is 13.0. The molecule has 0 aromatic heterocycles. The van der Waals surface area contributed by atoms with E-state index in [2.05, 4.69) is 15.9 Å². The standard InChI is InChI=1S/C13H16ClN3O/c14-12-2-1-11(10-15)13(9-12)17-5-3-16(4-6-17)7-8-18/h1-2,9,18H,3-8H2. The molecule has 1 saturated heterocycles. The third kappa shape index (κ3) is 2.94. The predicted octanol–water partition coefficient (Wildman–Crippen LogP) is 1.33. The molecule has 1 aliphatic heterocycles. The van der Waals surface area contributed by atoms with E-state index in [1.54, 1.807) is 12.1 Å².